The van der Waals surface area contributed by atoms with Crippen LogP contribution in [0, 0.1) is 6.92 Å². The molecule has 0 radical (unpaired) electrons. The fourth-order valence-corrected chi connectivity index (χ4v) is 2.76. The minimum Gasteiger partial charge on any atom is -0.493 e. The molecule has 0 heterocycles. The predicted molar refractivity (Wildman–Crippen MR) is 110 cm³/mol. The van der Waals surface area contributed by atoms with Gasteiger partial charge in [-0.05, 0) is 68.5 Å². The third-order valence-electron chi connectivity index (χ3n) is 4.17. The van der Waals surface area contributed by atoms with Gasteiger partial charge in [0.15, 0.2) is 6.10 Å². The molecule has 146 valence electrons. The highest BCUT2D eigenvalue weighted by Gasteiger charge is 2.14. The highest BCUT2D eigenvalue weighted by molar-refractivity contribution is 6.31. The van der Waals surface area contributed by atoms with Gasteiger partial charge in [-0.1, -0.05) is 36.7 Å². The van der Waals surface area contributed by atoms with Crippen molar-refractivity contribution in [1.82, 2.24) is 5.32 Å². The molecule has 0 saturated heterocycles. The molecule has 0 aliphatic heterocycles. The second-order valence-electron chi connectivity index (χ2n) is 6.52. The van der Waals surface area contributed by atoms with Crippen LogP contribution in [0.5, 0.6) is 11.5 Å². The van der Waals surface area contributed by atoms with E-state index < -0.39 is 6.10 Å². The summed E-state index contributed by atoms with van der Waals surface area (Å²) in [6, 6.07) is 13.4. The standard InChI is InChI=1S/C22H28ClNO3/c1-4-14-26-21-10-6-5-8-18(21)9-7-13-24-22(25)17(3)27-19-11-12-20(23)16(2)15-19/h5-6,8,10-12,15,17H,4,7,9,13-14H2,1-3H3,(H,24,25)/t17-/m1/s1. The Morgan fingerprint density at radius 1 is 1.22 bits per heavy atom. The number of para-hydroxylation sites is 1. The molecule has 0 saturated carbocycles. The number of ether oxygens (including phenoxy) is 2. The minimum absolute atomic E-state index is 0.127. The number of halogens is 1. The zero-order valence-corrected chi connectivity index (χ0v) is 17.0. The first kappa shape index (κ1) is 21.1. The highest BCUT2D eigenvalue weighted by atomic mass is 35.5. The number of hydrogen-bond acceptors (Lipinski definition) is 3. The third-order valence-corrected chi connectivity index (χ3v) is 4.59. The van der Waals surface area contributed by atoms with E-state index in [2.05, 4.69) is 18.3 Å². The Kier molecular flexibility index (Phi) is 8.46. The van der Waals surface area contributed by atoms with Crippen LogP contribution < -0.4 is 14.8 Å². The van der Waals surface area contributed by atoms with E-state index in [1.54, 1.807) is 19.1 Å². The van der Waals surface area contributed by atoms with Crippen molar-refractivity contribution in [1.29, 1.82) is 0 Å². The molecule has 0 aliphatic rings. The van der Waals surface area contributed by atoms with Crippen LogP contribution in [0.15, 0.2) is 42.5 Å². The van der Waals surface area contributed by atoms with E-state index in [0.717, 1.165) is 30.6 Å². The van der Waals surface area contributed by atoms with Crippen LogP contribution in [-0.2, 0) is 11.2 Å². The molecule has 1 amide bonds. The van der Waals surface area contributed by atoms with Crippen molar-refractivity contribution in [3.8, 4) is 11.5 Å². The quantitative estimate of drug-likeness (QED) is 0.584. The van der Waals surface area contributed by atoms with Gasteiger partial charge >= 0.3 is 0 Å². The van der Waals surface area contributed by atoms with Gasteiger partial charge < -0.3 is 14.8 Å². The summed E-state index contributed by atoms with van der Waals surface area (Å²) < 4.78 is 11.5. The van der Waals surface area contributed by atoms with Crippen LogP contribution in [0.4, 0.5) is 0 Å². The van der Waals surface area contributed by atoms with Crippen LogP contribution in [0.2, 0.25) is 5.02 Å². The van der Waals surface area contributed by atoms with Gasteiger partial charge in [0.05, 0.1) is 6.61 Å². The molecule has 4 nitrogen and oxygen atoms in total. The van der Waals surface area contributed by atoms with Gasteiger partial charge in [0.25, 0.3) is 5.91 Å². The molecule has 1 atom stereocenters. The Hall–Kier alpha value is -2.20. The van der Waals surface area contributed by atoms with E-state index in [4.69, 9.17) is 21.1 Å². The third kappa shape index (κ3) is 6.79. The summed E-state index contributed by atoms with van der Waals surface area (Å²) in [5.41, 5.74) is 2.09. The molecule has 2 aromatic carbocycles. The first-order chi connectivity index (χ1) is 13.0. The monoisotopic (exact) mass is 389 g/mol. The summed E-state index contributed by atoms with van der Waals surface area (Å²) in [5, 5.41) is 3.61. The van der Waals surface area contributed by atoms with Crippen LogP contribution in [0.25, 0.3) is 0 Å². The van der Waals surface area contributed by atoms with Gasteiger partial charge in [-0.3, -0.25) is 4.79 Å². The second-order valence-corrected chi connectivity index (χ2v) is 6.93. The summed E-state index contributed by atoms with van der Waals surface area (Å²) in [6.07, 6.45) is 2.11. The van der Waals surface area contributed by atoms with Crippen molar-refractivity contribution in [3.63, 3.8) is 0 Å². The van der Waals surface area contributed by atoms with Crippen molar-refractivity contribution in [2.45, 2.75) is 46.1 Å². The number of rotatable bonds is 10. The summed E-state index contributed by atoms with van der Waals surface area (Å²) >= 11 is 6.01. The lowest BCUT2D eigenvalue weighted by atomic mass is 10.1. The maximum absolute atomic E-state index is 12.2. The minimum atomic E-state index is -0.564. The number of benzene rings is 2. The molecule has 0 aromatic heterocycles. The first-order valence-electron chi connectivity index (χ1n) is 9.42. The van der Waals surface area contributed by atoms with Crippen molar-refractivity contribution in [2.75, 3.05) is 13.2 Å². The zero-order chi connectivity index (χ0) is 19.6. The lowest BCUT2D eigenvalue weighted by molar-refractivity contribution is -0.127. The first-order valence-corrected chi connectivity index (χ1v) is 9.80. The van der Waals surface area contributed by atoms with E-state index in [9.17, 15) is 4.79 Å². The van der Waals surface area contributed by atoms with Gasteiger partial charge in [-0.2, -0.15) is 0 Å². The maximum Gasteiger partial charge on any atom is 0.260 e. The van der Waals surface area contributed by atoms with Gasteiger partial charge in [-0.25, -0.2) is 0 Å². The Morgan fingerprint density at radius 2 is 2.00 bits per heavy atom. The summed E-state index contributed by atoms with van der Waals surface area (Å²) in [6.45, 7) is 7.04. The van der Waals surface area contributed by atoms with Crippen molar-refractivity contribution < 1.29 is 14.3 Å². The fraction of sp³-hybridized carbons (Fsp3) is 0.409. The van der Waals surface area contributed by atoms with Crippen molar-refractivity contribution >= 4 is 17.5 Å². The molecule has 0 fully saturated rings. The predicted octanol–water partition coefficient (Wildman–Crippen LogP) is 4.95. The second kappa shape index (κ2) is 10.8. The van der Waals surface area contributed by atoms with Gasteiger partial charge in [0.2, 0.25) is 0 Å². The molecule has 2 rings (SSSR count). The average Bonchev–Trinajstić information content (AvgIpc) is 2.67. The maximum atomic E-state index is 12.2. The average molecular weight is 390 g/mol. The topological polar surface area (TPSA) is 47.6 Å². The van der Waals surface area contributed by atoms with Crippen LogP contribution in [0.3, 0.4) is 0 Å². The zero-order valence-electron chi connectivity index (χ0n) is 16.3. The number of nitrogens with one attached hydrogen (secondary N) is 1. The number of carbonyl (C=O) groups is 1. The van der Waals surface area contributed by atoms with Gasteiger partial charge in [0.1, 0.15) is 11.5 Å². The Labute approximate surface area is 166 Å². The van der Waals surface area contributed by atoms with Crippen molar-refractivity contribution in [2.24, 2.45) is 0 Å². The number of hydrogen-bond donors (Lipinski definition) is 1. The lowest BCUT2D eigenvalue weighted by Crippen LogP contribution is -2.36. The molecule has 0 unspecified atom stereocenters. The molecular weight excluding hydrogens is 362 g/mol. The normalized spacial score (nSPS) is 11.7. The van der Waals surface area contributed by atoms with E-state index in [-0.39, 0.29) is 5.91 Å². The Morgan fingerprint density at radius 3 is 2.74 bits per heavy atom. The Balaban J connectivity index is 1.76. The SMILES string of the molecule is CCCOc1ccccc1CCCNC(=O)[C@@H](C)Oc1ccc(Cl)c(C)c1. The van der Waals surface area contributed by atoms with E-state index in [1.165, 1.54) is 5.56 Å². The van der Waals surface area contributed by atoms with Crippen LogP contribution in [0.1, 0.15) is 37.8 Å². The smallest absolute Gasteiger partial charge is 0.260 e. The largest absolute Gasteiger partial charge is 0.493 e. The molecule has 2 aromatic rings. The van der Waals surface area contributed by atoms with Crippen molar-refractivity contribution in [3.05, 3.63) is 58.6 Å². The molecule has 0 bridgehead atoms. The molecule has 5 heteroatoms. The van der Waals surface area contributed by atoms with E-state index in [1.807, 2.05) is 31.2 Å². The number of amides is 1. The van der Waals surface area contributed by atoms with Gasteiger partial charge in [0, 0.05) is 11.6 Å². The highest BCUT2D eigenvalue weighted by Crippen LogP contribution is 2.22. The summed E-state index contributed by atoms with van der Waals surface area (Å²) in [7, 11) is 0. The number of carbonyl (C=O) groups excluding carboxylic acids is 1. The summed E-state index contributed by atoms with van der Waals surface area (Å²) in [4.78, 5) is 12.2. The molecular formula is C22H28ClNO3. The summed E-state index contributed by atoms with van der Waals surface area (Å²) in [5.74, 6) is 1.44. The van der Waals surface area contributed by atoms with Gasteiger partial charge in [-0.15, -0.1) is 0 Å². The molecule has 1 N–H and O–H groups in total. The molecule has 27 heavy (non-hydrogen) atoms. The fourth-order valence-electron chi connectivity index (χ4n) is 2.65. The van der Waals surface area contributed by atoms with E-state index in [0.29, 0.717) is 23.9 Å². The molecule has 0 aliphatic carbocycles. The van der Waals surface area contributed by atoms with Crippen LogP contribution >= 0.6 is 11.6 Å². The molecule has 0 spiro atoms. The Bertz CT molecular complexity index is 748. The lowest BCUT2D eigenvalue weighted by Gasteiger charge is -2.15. The number of aryl methyl sites for hydroxylation is 2. The van der Waals surface area contributed by atoms with Crippen LogP contribution in [-0.4, -0.2) is 25.2 Å². The van der Waals surface area contributed by atoms with E-state index >= 15 is 0 Å².